The van der Waals surface area contributed by atoms with Crippen LogP contribution in [-0.2, 0) is 0 Å². The van der Waals surface area contributed by atoms with Crippen molar-refractivity contribution in [2.24, 2.45) is 0 Å². The fourth-order valence-electron chi connectivity index (χ4n) is 1.40. The molecule has 0 aromatic heterocycles. The molecule has 0 aromatic rings. The topological polar surface area (TPSA) is 0 Å². The van der Waals surface area contributed by atoms with E-state index in [1.165, 1.54) is 21.6 Å². The Labute approximate surface area is 65.7 Å². The minimum absolute atomic E-state index is 1.40. The maximum absolute atomic E-state index is 2.22. The smallest absolute Gasteiger partial charge is 0.0510 e. The van der Waals surface area contributed by atoms with E-state index in [-0.39, 0.29) is 0 Å². The molecule has 0 atom stereocenters. The second-order valence-electron chi connectivity index (χ2n) is 2.64. The molecule has 1 aliphatic carbocycles. The van der Waals surface area contributed by atoms with Crippen LogP contribution in [0.4, 0.5) is 0 Å². The van der Waals surface area contributed by atoms with Gasteiger partial charge in [-0.2, -0.15) is 0 Å². The maximum atomic E-state index is 2.22. The quantitative estimate of drug-likeness (QED) is 0.510. The number of hydrogen-bond donors (Lipinski definition) is 0. The van der Waals surface area contributed by atoms with E-state index in [4.69, 9.17) is 0 Å². The minimum atomic E-state index is 1.40. The number of rotatable bonds is 0. The zero-order chi connectivity index (χ0) is 7.14. The SMILES string of the molecule is CC1=CC=C2[CH]SC(C)=C12. The van der Waals surface area contributed by atoms with E-state index in [0.717, 1.165) is 0 Å². The van der Waals surface area contributed by atoms with Crippen molar-refractivity contribution < 1.29 is 0 Å². The molecule has 51 valence electrons. The molecule has 0 nitrogen and oxygen atoms in total. The Morgan fingerprint density at radius 1 is 1.20 bits per heavy atom. The molecule has 1 radical (unpaired) electrons. The van der Waals surface area contributed by atoms with Gasteiger partial charge in [0, 0.05) is 0 Å². The third kappa shape index (κ3) is 0.702. The standard InChI is InChI=1S/C9H9S/c1-6-3-4-8-5-10-7(2)9(6)8/h3-5H,1-2H3. The number of hydrogen-bond acceptors (Lipinski definition) is 1. The second-order valence-corrected chi connectivity index (χ2v) is 3.72. The summed E-state index contributed by atoms with van der Waals surface area (Å²) in [6, 6.07) is 0. The van der Waals surface area contributed by atoms with Crippen LogP contribution in [-0.4, -0.2) is 0 Å². The molecule has 0 unspecified atom stereocenters. The molecule has 0 amide bonds. The van der Waals surface area contributed by atoms with E-state index < -0.39 is 0 Å². The molecule has 0 bridgehead atoms. The minimum Gasteiger partial charge on any atom is -0.120 e. The van der Waals surface area contributed by atoms with Crippen molar-refractivity contribution in [3.63, 3.8) is 0 Å². The first kappa shape index (κ1) is 6.29. The Bertz CT molecular complexity index is 266. The van der Waals surface area contributed by atoms with Gasteiger partial charge in [0.1, 0.15) is 0 Å². The average Bonchev–Trinajstić information content (AvgIpc) is 2.40. The number of fused-ring (bicyclic) bond motifs is 1. The molecule has 1 heteroatoms. The fourth-order valence-corrected chi connectivity index (χ4v) is 2.30. The molecule has 0 fully saturated rings. The van der Waals surface area contributed by atoms with E-state index >= 15 is 0 Å². The highest BCUT2D eigenvalue weighted by Gasteiger charge is 2.21. The van der Waals surface area contributed by atoms with Gasteiger partial charge in [-0.25, -0.2) is 0 Å². The van der Waals surface area contributed by atoms with Crippen LogP contribution in [0.5, 0.6) is 0 Å². The highest BCUT2D eigenvalue weighted by atomic mass is 32.2. The van der Waals surface area contributed by atoms with E-state index in [2.05, 4.69) is 31.8 Å². The van der Waals surface area contributed by atoms with Crippen molar-refractivity contribution in [3.8, 4) is 0 Å². The van der Waals surface area contributed by atoms with Crippen LogP contribution in [0.15, 0.2) is 33.8 Å². The highest BCUT2D eigenvalue weighted by Crippen LogP contribution is 2.44. The monoisotopic (exact) mass is 149 g/mol. The van der Waals surface area contributed by atoms with Crippen molar-refractivity contribution in [2.45, 2.75) is 13.8 Å². The summed E-state index contributed by atoms with van der Waals surface area (Å²) in [4.78, 5) is 1.44. The summed E-state index contributed by atoms with van der Waals surface area (Å²) in [7, 11) is 0. The van der Waals surface area contributed by atoms with Crippen LogP contribution in [0, 0.1) is 5.75 Å². The Kier molecular flexibility index (Phi) is 1.27. The summed E-state index contributed by atoms with van der Waals surface area (Å²) >= 11 is 1.84. The summed E-state index contributed by atoms with van der Waals surface area (Å²) in [6.45, 7) is 4.35. The van der Waals surface area contributed by atoms with Gasteiger partial charge in [-0.05, 0) is 35.5 Å². The summed E-state index contributed by atoms with van der Waals surface area (Å²) in [5.74, 6) is 2.22. The summed E-state index contributed by atoms with van der Waals surface area (Å²) in [5.41, 5.74) is 4.28. The molecule has 0 saturated heterocycles. The predicted molar refractivity (Wildman–Crippen MR) is 46.4 cm³/mol. The van der Waals surface area contributed by atoms with Crippen LogP contribution in [0.2, 0.25) is 0 Å². The van der Waals surface area contributed by atoms with Crippen LogP contribution >= 0.6 is 11.8 Å². The lowest BCUT2D eigenvalue weighted by atomic mass is 10.1. The van der Waals surface area contributed by atoms with Gasteiger partial charge in [0.2, 0.25) is 0 Å². The van der Waals surface area contributed by atoms with Crippen molar-refractivity contribution in [1.82, 2.24) is 0 Å². The average molecular weight is 149 g/mol. The summed E-state index contributed by atoms with van der Waals surface area (Å²) < 4.78 is 0. The Morgan fingerprint density at radius 2 is 2.00 bits per heavy atom. The lowest BCUT2D eigenvalue weighted by Crippen LogP contribution is -1.79. The third-order valence-electron chi connectivity index (χ3n) is 1.91. The second kappa shape index (κ2) is 2.03. The fraction of sp³-hybridized carbons (Fsp3) is 0.222. The molecule has 1 heterocycles. The maximum Gasteiger partial charge on any atom is 0.0510 e. The van der Waals surface area contributed by atoms with Gasteiger partial charge in [-0.1, -0.05) is 12.2 Å². The molecule has 0 aromatic carbocycles. The number of thioether (sulfide) groups is 1. The first-order valence-corrected chi connectivity index (χ1v) is 4.27. The van der Waals surface area contributed by atoms with Gasteiger partial charge in [-0.15, -0.1) is 11.8 Å². The van der Waals surface area contributed by atoms with E-state index in [1.54, 1.807) is 0 Å². The van der Waals surface area contributed by atoms with Crippen LogP contribution in [0.3, 0.4) is 0 Å². The summed E-state index contributed by atoms with van der Waals surface area (Å²) in [5, 5.41) is 0. The zero-order valence-corrected chi connectivity index (χ0v) is 6.96. The first-order valence-electron chi connectivity index (χ1n) is 3.39. The Morgan fingerprint density at radius 3 is 2.70 bits per heavy atom. The molecule has 2 aliphatic rings. The molecular formula is C9H9S. The van der Waals surface area contributed by atoms with E-state index in [1.807, 2.05) is 11.8 Å². The van der Waals surface area contributed by atoms with Crippen molar-refractivity contribution in [1.29, 1.82) is 0 Å². The van der Waals surface area contributed by atoms with Gasteiger partial charge < -0.3 is 0 Å². The largest absolute Gasteiger partial charge is 0.120 e. The lowest BCUT2D eigenvalue weighted by molar-refractivity contribution is 1.40. The van der Waals surface area contributed by atoms with E-state index in [9.17, 15) is 0 Å². The molecule has 10 heavy (non-hydrogen) atoms. The molecule has 0 saturated carbocycles. The van der Waals surface area contributed by atoms with E-state index in [0.29, 0.717) is 0 Å². The Hall–Kier alpha value is -0.430. The zero-order valence-electron chi connectivity index (χ0n) is 6.14. The van der Waals surface area contributed by atoms with Crippen LogP contribution in [0.1, 0.15) is 13.8 Å². The number of allylic oxidation sites excluding steroid dienone is 5. The normalized spacial score (nSPS) is 23.0. The third-order valence-corrected chi connectivity index (χ3v) is 2.84. The molecule has 0 spiro atoms. The highest BCUT2D eigenvalue weighted by molar-refractivity contribution is 8.05. The van der Waals surface area contributed by atoms with Gasteiger partial charge in [0.15, 0.2) is 0 Å². The van der Waals surface area contributed by atoms with Crippen LogP contribution in [0.25, 0.3) is 0 Å². The molecule has 0 N–H and O–H groups in total. The van der Waals surface area contributed by atoms with Crippen molar-refractivity contribution >= 4 is 11.8 Å². The van der Waals surface area contributed by atoms with Crippen LogP contribution < -0.4 is 0 Å². The van der Waals surface area contributed by atoms with Crippen molar-refractivity contribution in [3.05, 3.63) is 39.5 Å². The van der Waals surface area contributed by atoms with Crippen molar-refractivity contribution in [2.75, 3.05) is 0 Å². The van der Waals surface area contributed by atoms with Gasteiger partial charge in [-0.3, -0.25) is 0 Å². The van der Waals surface area contributed by atoms with Gasteiger partial charge in [0.05, 0.1) is 5.75 Å². The lowest BCUT2D eigenvalue weighted by Gasteiger charge is -1.97. The summed E-state index contributed by atoms with van der Waals surface area (Å²) in [6.07, 6.45) is 4.37. The Balaban J connectivity index is 2.53. The molecule has 1 aliphatic heterocycles. The first-order chi connectivity index (χ1) is 4.79. The van der Waals surface area contributed by atoms with Gasteiger partial charge >= 0.3 is 0 Å². The predicted octanol–water partition coefficient (Wildman–Crippen LogP) is 3.06. The molecule has 2 rings (SSSR count). The van der Waals surface area contributed by atoms with Gasteiger partial charge in [0.25, 0.3) is 0 Å². The molecular weight excluding hydrogens is 140 g/mol.